The molecule has 2 atom stereocenters. The summed E-state index contributed by atoms with van der Waals surface area (Å²) >= 11 is 0. The van der Waals surface area contributed by atoms with Crippen LogP contribution in [0.1, 0.15) is 33.1 Å². The first-order valence-corrected chi connectivity index (χ1v) is 6.30. The Balaban J connectivity index is 2.08. The van der Waals surface area contributed by atoms with E-state index in [2.05, 4.69) is 17.6 Å². The van der Waals surface area contributed by atoms with Crippen molar-refractivity contribution in [2.45, 2.75) is 39.2 Å². The molecule has 2 N–H and O–H groups in total. The molecule has 16 heavy (non-hydrogen) atoms. The van der Waals surface area contributed by atoms with Gasteiger partial charge in [0, 0.05) is 32.2 Å². The highest BCUT2D eigenvalue weighted by molar-refractivity contribution is 5.76. The molecule has 4 nitrogen and oxygen atoms in total. The van der Waals surface area contributed by atoms with Crippen molar-refractivity contribution in [3.05, 3.63) is 0 Å². The first-order valence-electron chi connectivity index (χ1n) is 6.30. The minimum absolute atomic E-state index is 0.153. The number of nitrogens with one attached hydrogen (secondary N) is 2. The molecule has 0 bridgehead atoms. The predicted octanol–water partition coefficient (Wildman–Crippen LogP) is 0.917. The lowest BCUT2D eigenvalue weighted by Crippen LogP contribution is -2.48. The van der Waals surface area contributed by atoms with E-state index >= 15 is 0 Å². The van der Waals surface area contributed by atoms with Crippen LogP contribution in [0.4, 0.5) is 0 Å². The molecule has 1 amide bonds. The van der Waals surface area contributed by atoms with E-state index in [1.165, 1.54) is 0 Å². The maximum Gasteiger partial charge on any atom is 0.220 e. The SMILES string of the molecule is CCOCCCC(=O)NC1CNCC(C)C1. The Morgan fingerprint density at radius 2 is 2.31 bits per heavy atom. The second kappa shape index (κ2) is 7.63. The van der Waals surface area contributed by atoms with Gasteiger partial charge in [-0.3, -0.25) is 4.79 Å². The molecule has 0 radical (unpaired) electrons. The highest BCUT2D eigenvalue weighted by Gasteiger charge is 2.19. The number of piperidine rings is 1. The van der Waals surface area contributed by atoms with Crippen LogP contribution in [-0.4, -0.2) is 38.3 Å². The average molecular weight is 228 g/mol. The van der Waals surface area contributed by atoms with Crippen LogP contribution in [0.3, 0.4) is 0 Å². The molecule has 0 aromatic heterocycles. The lowest BCUT2D eigenvalue weighted by Gasteiger charge is -2.28. The van der Waals surface area contributed by atoms with Crippen molar-refractivity contribution in [3.8, 4) is 0 Å². The molecule has 0 saturated carbocycles. The minimum Gasteiger partial charge on any atom is -0.382 e. The molecule has 1 fully saturated rings. The summed E-state index contributed by atoms with van der Waals surface area (Å²) in [6.45, 7) is 7.56. The van der Waals surface area contributed by atoms with Crippen LogP contribution >= 0.6 is 0 Å². The summed E-state index contributed by atoms with van der Waals surface area (Å²) in [6.07, 6.45) is 2.48. The zero-order valence-corrected chi connectivity index (χ0v) is 10.4. The molecule has 4 heteroatoms. The van der Waals surface area contributed by atoms with Crippen LogP contribution in [0.2, 0.25) is 0 Å². The number of carbonyl (C=O) groups excluding carboxylic acids is 1. The fraction of sp³-hybridized carbons (Fsp3) is 0.917. The summed E-state index contributed by atoms with van der Waals surface area (Å²) in [5.41, 5.74) is 0. The van der Waals surface area contributed by atoms with E-state index in [-0.39, 0.29) is 5.91 Å². The number of carbonyl (C=O) groups is 1. The van der Waals surface area contributed by atoms with Crippen LogP contribution in [0, 0.1) is 5.92 Å². The fourth-order valence-corrected chi connectivity index (χ4v) is 2.05. The zero-order valence-electron chi connectivity index (χ0n) is 10.4. The Morgan fingerprint density at radius 1 is 1.50 bits per heavy atom. The number of amides is 1. The highest BCUT2D eigenvalue weighted by Crippen LogP contribution is 2.09. The molecule has 1 saturated heterocycles. The van der Waals surface area contributed by atoms with Crippen molar-refractivity contribution in [1.29, 1.82) is 0 Å². The second-order valence-corrected chi connectivity index (χ2v) is 4.56. The Kier molecular flexibility index (Phi) is 6.42. The summed E-state index contributed by atoms with van der Waals surface area (Å²) in [4.78, 5) is 11.6. The average Bonchev–Trinajstić information content (AvgIpc) is 2.24. The molecule has 1 aliphatic rings. The standard InChI is InChI=1S/C12H24N2O2/c1-3-16-6-4-5-12(15)14-11-7-10(2)8-13-9-11/h10-11,13H,3-9H2,1-2H3,(H,14,15). The number of rotatable bonds is 6. The third kappa shape index (κ3) is 5.47. The van der Waals surface area contributed by atoms with E-state index in [1.54, 1.807) is 0 Å². The molecule has 0 aliphatic carbocycles. The van der Waals surface area contributed by atoms with Gasteiger partial charge in [0.05, 0.1) is 0 Å². The van der Waals surface area contributed by atoms with Gasteiger partial charge in [0.25, 0.3) is 0 Å². The largest absolute Gasteiger partial charge is 0.382 e. The molecule has 1 heterocycles. The van der Waals surface area contributed by atoms with Crippen LogP contribution in [0.15, 0.2) is 0 Å². The van der Waals surface area contributed by atoms with Gasteiger partial charge in [-0.05, 0) is 32.2 Å². The van der Waals surface area contributed by atoms with Gasteiger partial charge < -0.3 is 15.4 Å². The number of hydrogen-bond acceptors (Lipinski definition) is 3. The van der Waals surface area contributed by atoms with Gasteiger partial charge in [-0.2, -0.15) is 0 Å². The Bertz CT molecular complexity index is 209. The lowest BCUT2D eigenvalue weighted by molar-refractivity contribution is -0.122. The van der Waals surface area contributed by atoms with Crippen LogP contribution in [-0.2, 0) is 9.53 Å². The van der Waals surface area contributed by atoms with Gasteiger partial charge in [-0.25, -0.2) is 0 Å². The monoisotopic (exact) mass is 228 g/mol. The van der Waals surface area contributed by atoms with Gasteiger partial charge in [0.2, 0.25) is 5.91 Å². The van der Waals surface area contributed by atoms with E-state index in [9.17, 15) is 4.79 Å². The zero-order chi connectivity index (χ0) is 11.8. The number of ether oxygens (including phenoxy) is 1. The molecule has 1 aliphatic heterocycles. The number of hydrogen-bond donors (Lipinski definition) is 2. The van der Waals surface area contributed by atoms with Crippen molar-refractivity contribution >= 4 is 5.91 Å². The highest BCUT2D eigenvalue weighted by atomic mass is 16.5. The van der Waals surface area contributed by atoms with E-state index < -0.39 is 0 Å². The molecule has 0 aromatic carbocycles. The van der Waals surface area contributed by atoms with Crippen molar-refractivity contribution in [2.24, 2.45) is 5.92 Å². The summed E-state index contributed by atoms with van der Waals surface area (Å²) in [6, 6.07) is 0.309. The minimum atomic E-state index is 0.153. The summed E-state index contributed by atoms with van der Waals surface area (Å²) in [5, 5.41) is 6.40. The maximum absolute atomic E-state index is 11.6. The lowest BCUT2D eigenvalue weighted by atomic mass is 9.97. The molecule has 0 aromatic rings. The van der Waals surface area contributed by atoms with Crippen LogP contribution in [0.25, 0.3) is 0 Å². The quantitative estimate of drug-likeness (QED) is 0.665. The van der Waals surface area contributed by atoms with Gasteiger partial charge in [0.15, 0.2) is 0 Å². The third-order valence-corrected chi connectivity index (χ3v) is 2.83. The van der Waals surface area contributed by atoms with Crippen molar-refractivity contribution < 1.29 is 9.53 Å². The first kappa shape index (κ1) is 13.5. The van der Waals surface area contributed by atoms with E-state index in [0.29, 0.717) is 25.0 Å². The molecular weight excluding hydrogens is 204 g/mol. The van der Waals surface area contributed by atoms with Gasteiger partial charge in [0.1, 0.15) is 0 Å². The van der Waals surface area contributed by atoms with Gasteiger partial charge >= 0.3 is 0 Å². The molecule has 2 unspecified atom stereocenters. The molecule has 1 rings (SSSR count). The first-order chi connectivity index (χ1) is 7.72. The Morgan fingerprint density at radius 3 is 3.00 bits per heavy atom. The Labute approximate surface area is 98.1 Å². The topological polar surface area (TPSA) is 50.4 Å². The van der Waals surface area contributed by atoms with Gasteiger partial charge in [-0.15, -0.1) is 0 Å². The third-order valence-electron chi connectivity index (χ3n) is 2.83. The van der Waals surface area contributed by atoms with Crippen LogP contribution in [0.5, 0.6) is 0 Å². The predicted molar refractivity (Wildman–Crippen MR) is 64.3 cm³/mol. The summed E-state index contributed by atoms with van der Waals surface area (Å²) < 4.78 is 5.20. The van der Waals surface area contributed by atoms with E-state index in [0.717, 1.165) is 32.5 Å². The van der Waals surface area contributed by atoms with Crippen molar-refractivity contribution in [3.63, 3.8) is 0 Å². The van der Waals surface area contributed by atoms with E-state index in [4.69, 9.17) is 4.74 Å². The smallest absolute Gasteiger partial charge is 0.220 e. The van der Waals surface area contributed by atoms with Crippen molar-refractivity contribution in [1.82, 2.24) is 10.6 Å². The molecule has 94 valence electrons. The summed E-state index contributed by atoms with van der Waals surface area (Å²) in [7, 11) is 0. The van der Waals surface area contributed by atoms with E-state index in [1.807, 2.05) is 6.92 Å². The second-order valence-electron chi connectivity index (χ2n) is 4.56. The Hall–Kier alpha value is -0.610. The van der Waals surface area contributed by atoms with Crippen molar-refractivity contribution in [2.75, 3.05) is 26.3 Å². The normalized spacial score (nSPS) is 25.4. The fourth-order valence-electron chi connectivity index (χ4n) is 2.05. The maximum atomic E-state index is 11.6. The van der Waals surface area contributed by atoms with Crippen LogP contribution < -0.4 is 10.6 Å². The summed E-state index contributed by atoms with van der Waals surface area (Å²) in [5.74, 6) is 0.808. The molecular formula is C12H24N2O2. The van der Waals surface area contributed by atoms with Gasteiger partial charge in [-0.1, -0.05) is 6.92 Å². The molecule has 0 spiro atoms.